The van der Waals surface area contributed by atoms with Crippen LogP contribution in [0.2, 0.25) is 0 Å². The third kappa shape index (κ3) is 1.32. The maximum Gasteiger partial charge on any atom is -0.00527 e. The minimum Gasteiger partial charge on any atom is -0.0949 e. The largest absolute Gasteiger partial charge is 0.0949 e. The summed E-state index contributed by atoms with van der Waals surface area (Å²) in [6, 6.07) is 6.96. The molecule has 8 atom stereocenters. The van der Waals surface area contributed by atoms with E-state index >= 15 is 0 Å². The molecule has 116 valence electrons. The number of fused-ring (bicyclic) bond motifs is 14. The molecule has 5 aliphatic carbocycles. The maximum absolute atomic E-state index is 4.62. The summed E-state index contributed by atoms with van der Waals surface area (Å²) in [7, 11) is 0. The number of rotatable bonds is 1. The first-order valence-corrected chi connectivity index (χ1v) is 9.42. The van der Waals surface area contributed by atoms with Crippen molar-refractivity contribution in [1.82, 2.24) is 0 Å². The summed E-state index contributed by atoms with van der Waals surface area (Å²) in [6.45, 7) is 6.74. The van der Waals surface area contributed by atoms with E-state index in [1.54, 1.807) is 5.56 Å². The fraction of sp³-hybridized carbons (Fsp3) is 0.478. The van der Waals surface area contributed by atoms with Crippen molar-refractivity contribution in [3.8, 4) is 0 Å². The highest BCUT2D eigenvalue weighted by molar-refractivity contribution is 5.82. The highest BCUT2D eigenvalue weighted by atomic mass is 14.7. The molecule has 0 nitrogen and oxygen atoms in total. The van der Waals surface area contributed by atoms with Gasteiger partial charge in [0.1, 0.15) is 0 Å². The third-order valence-electron chi connectivity index (χ3n) is 7.98. The Hall–Kier alpha value is -1.56. The molecule has 0 aliphatic heterocycles. The van der Waals surface area contributed by atoms with Gasteiger partial charge in [0.25, 0.3) is 0 Å². The molecule has 0 spiro atoms. The van der Waals surface area contributed by atoms with Crippen molar-refractivity contribution < 1.29 is 0 Å². The lowest BCUT2D eigenvalue weighted by Crippen LogP contribution is -2.34. The summed E-state index contributed by atoms with van der Waals surface area (Å²) >= 11 is 0. The van der Waals surface area contributed by atoms with Crippen LogP contribution in [0, 0.1) is 41.4 Å². The summed E-state index contributed by atoms with van der Waals surface area (Å²) in [4.78, 5) is 0. The van der Waals surface area contributed by atoms with Crippen molar-refractivity contribution in [2.45, 2.75) is 25.7 Å². The molecule has 0 heteroatoms. The number of benzene rings is 1. The fourth-order valence-corrected chi connectivity index (χ4v) is 7.66. The lowest BCUT2D eigenvalue weighted by molar-refractivity contribution is 0.159. The lowest BCUT2D eigenvalue weighted by atomic mass is 9.64. The Balaban J connectivity index is 1.51. The molecule has 4 bridgehead atoms. The predicted octanol–water partition coefficient (Wildman–Crippen LogP) is 5.53. The fourth-order valence-electron chi connectivity index (χ4n) is 7.66. The van der Waals surface area contributed by atoms with E-state index in [1.165, 1.54) is 29.5 Å². The standard InChI is InChI=1S/C23H24/c1-3-5-13-6-4-7-16-19(13)12(2)20-17-11-18(23(16)20)22-15-9-8-14(10-15)21(17)22/h3-9,14-15,17-18,20-23H,2,10-11H2,1H3/b5-3-. The molecule has 0 saturated heterocycles. The Kier molecular flexibility index (Phi) is 2.28. The van der Waals surface area contributed by atoms with Crippen molar-refractivity contribution in [3.05, 3.63) is 59.7 Å². The van der Waals surface area contributed by atoms with Crippen LogP contribution < -0.4 is 0 Å². The van der Waals surface area contributed by atoms with Crippen LogP contribution in [-0.2, 0) is 0 Å². The second-order valence-electron chi connectivity index (χ2n) is 8.55. The van der Waals surface area contributed by atoms with Crippen LogP contribution in [-0.4, -0.2) is 0 Å². The average Bonchev–Trinajstić information content (AvgIpc) is 3.32. The van der Waals surface area contributed by atoms with Crippen molar-refractivity contribution in [1.29, 1.82) is 0 Å². The zero-order chi connectivity index (χ0) is 15.3. The van der Waals surface area contributed by atoms with Gasteiger partial charge in [0, 0.05) is 0 Å². The van der Waals surface area contributed by atoms with Crippen LogP contribution in [0.3, 0.4) is 0 Å². The monoisotopic (exact) mass is 300 g/mol. The normalized spacial score (nSPS) is 47.6. The summed E-state index contributed by atoms with van der Waals surface area (Å²) in [6.07, 6.45) is 12.5. The third-order valence-corrected chi connectivity index (χ3v) is 7.98. The second kappa shape index (κ2) is 4.09. The van der Waals surface area contributed by atoms with E-state index in [4.69, 9.17) is 0 Å². The van der Waals surface area contributed by atoms with Gasteiger partial charge < -0.3 is 0 Å². The minimum absolute atomic E-state index is 0.746. The predicted molar refractivity (Wildman–Crippen MR) is 95.7 cm³/mol. The lowest BCUT2D eigenvalue weighted by Gasteiger charge is -2.39. The molecular formula is C23H24. The van der Waals surface area contributed by atoms with Gasteiger partial charge in [-0.25, -0.2) is 0 Å². The van der Waals surface area contributed by atoms with Crippen LogP contribution in [0.15, 0.2) is 43.0 Å². The first kappa shape index (κ1) is 12.8. The summed E-state index contributed by atoms with van der Waals surface area (Å²) < 4.78 is 0. The Morgan fingerprint density at radius 2 is 1.74 bits per heavy atom. The molecule has 5 aliphatic rings. The van der Waals surface area contributed by atoms with E-state index in [1.807, 2.05) is 0 Å². The molecule has 23 heavy (non-hydrogen) atoms. The number of hydrogen-bond acceptors (Lipinski definition) is 0. The van der Waals surface area contributed by atoms with E-state index in [2.05, 4.69) is 56.0 Å². The molecule has 1 aromatic carbocycles. The van der Waals surface area contributed by atoms with Crippen molar-refractivity contribution in [2.24, 2.45) is 41.4 Å². The van der Waals surface area contributed by atoms with Gasteiger partial charge >= 0.3 is 0 Å². The van der Waals surface area contributed by atoms with Crippen molar-refractivity contribution in [2.75, 3.05) is 0 Å². The van der Waals surface area contributed by atoms with Crippen LogP contribution >= 0.6 is 0 Å². The molecule has 3 fully saturated rings. The molecule has 0 aromatic heterocycles. The summed E-state index contributed by atoms with van der Waals surface area (Å²) in [5.74, 6) is 7.12. The van der Waals surface area contributed by atoms with Crippen molar-refractivity contribution in [3.63, 3.8) is 0 Å². The van der Waals surface area contributed by atoms with Gasteiger partial charge in [-0.3, -0.25) is 0 Å². The van der Waals surface area contributed by atoms with Crippen LogP contribution in [0.1, 0.15) is 42.4 Å². The minimum atomic E-state index is 0.746. The highest BCUT2D eigenvalue weighted by Crippen LogP contribution is 2.74. The maximum atomic E-state index is 4.62. The zero-order valence-corrected chi connectivity index (χ0v) is 13.8. The van der Waals surface area contributed by atoms with Crippen LogP contribution in [0.25, 0.3) is 11.6 Å². The molecule has 0 heterocycles. The van der Waals surface area contributed by atoms with Gasteiger partial charge in [0.2, 0.25) is 0 Å². The Morgan fingerprint density at radius 1 is 1.00 bits per heavy atom. The van der Waals surface area contributed by atoms with Gasteiger partial charge in [-0.2, -0.15) is 0 Å². The average molecular weight is 300 g/mol. The van der Waals surface area contributed by atoms with Gasteiger partial charge in [-0.05, 0) is 89.4 Å². The van der Waals surface area contributed by atoms with E-state index in [0.29, 0.717) is 0 Å². The molecular weight excluding hydrogens is 276 g/mol. The molecule has 3 saturated carbocycles. The van der Waals surface area contributed by atoms with Crippen molar-refractivity contribution >= 4 is 11.6 Å². The summed E-state index contributed by atoms with van der Waals surface area (Å²) in [5.41, 5.74) is 6.01. The first-order valence-electron chi connectivity index (χ1n) is 9.42. The molecule has 8 unspecified atom stereocenters. The molecule has 0 amide bonds. The summed E-state index contributed by atoms with van der Waals surface area (Å²) in [5, 5.41) is 0. The number of hydrogen-bond donors (Lipinski definition) is 0. The second-order valence-corrected chi connectivity index (χ2v) is 8.55. The molecule has 0 N–H and O–H groups in total. The van der Waals surface area contributed by atoms with Gasteiger partial charge in [-0.15, -0.1) is 0 Å². The highest BCUT2D eigenvalue weighted by Gasteiger charge is 2.66. The molecule has 6 rings (SSSR count). The topological polar surface area (TPSA) is 0 Å². The Labute approximate surface area is 139 Å². The smallest absolute Gasteiger partial charge is 0.00527 e. The van der Waals surface area contributed by atoms with Crippen LogP contribution in [0.4, 0.5) is 0 Å². The quantitative estimate of drug-likeness (QED) is 0.472. The SMILES string of the molecule is C=C1c2c(/C=C\C)cccc2C2C3CC(C12)C1C2C=CC(C2)C31. The van der Waals surface area contributed by atoms with E-state index in [-0.39, 0.29) is 0 Å². The zero-order valence-electron chi connectivity index (χ0n) is 13.8. The van der Waals surface area contributed by atoms with Gasteiger partial charge in [0.05, 0.1) is 0 Å². The van der Waals surface area contributed by atoms with E-state index in [0.717, 1.165) is 47.3 Å². The first-order chi connectivity index (χ1) is 11.3. The van der Waals surface area contributed by atoms with E-state index < -0.39 is 0 Å². The molecule has 1 aromatic rings. The number of allylic oxidation sites excluding steroid dienone is 4. The van der Waals surface area contributed by atoms with E-state index in [9.17, 15) is 0 Å². The van der Waals surface area contributed by atoms with Gasteiger partial charge in [0.15, 0.2) is 0 Å². The molecule has 0 radical (unpaired) electrons. The van der Waals surface area contributed by atoms with Gasteiger partial charge in [-0.1, -0.05) is 49.1 Å². The Morgan fingerprint density at radius 3 is 2.48 bits per heavy atom. The Bertz CT molecular complexity index is 779. The van der Waals surface area contributed by atoms with Crippen LogP contribution in [0.5, 0.6) is 0 Å².